The van der Waals surface area contributed by atoms with E-state index in [0.29, 0.717) is 6.61 Å². The van der Waals surface area contributed by atoms with Gasteiger partial charge in [0, 0.05) is 0 Å². The molecule has 0 atom stereocenters. The molecule has 0 saturated carbocycles. The van der Waals surface area contributed by atoms with Crippen LogP contribution in [0.1, 0.15) is 6.92 Å². The fourth-order valence-corrected chi connectivity index (χ4v) is 1.14. The molecule has 0 rings (SSSR count). The van der Waals surface area contributed by atoms with Gasteiger partial charge in [-0.3, -0.25) is 0 Å². The Morgan fingerprint density at radius 1 is 2.00 bits per heavy atom. The summed E-state index contributed by atoms with van der Waals surface area (Å²) in [5, 5.41) is 0. The van der Waals surface area contributed by atoms with Crippen LogP contribution in [0.3, 0.4) is 0 Å². The quantitative estimate of drug-likeness (QED) is 0.653. The zero-order valence-electron chi connectivity index (χ0n) is 3.93. The van der Waals surface area contributed by atoms with Gasteiger partial charge in [-0.25, -0.2) is 0 Å². The van der Waals surface area contributed by atoms with E-state index in [9.17, 15) is 4.79 Å². The van der Waals surface area contributed by atoms with Gasteiger partial charge in [0.15, 0.2) is 0 Å². The van der Waals surface area contributed by atoms with Gasteiger partial charge in [0.25, 0.3) is 0 Å². The third-order valence-corrected chi connectivity index (χ3v) is 2.36. The second-order valence-corrected chi connectivity index (χ2v) is 3.94. The first-order valence-electron chi connectivity index (χ1n) is 1.86. The molecular formula is C3H5O2SSn. The van der Waals surface area contributed by atoms with Crippen molar-refractivity contribution in [2.45, 2.75) is 6.92 Å². The summed E-state index contributed by atoms with van der Waals surface area (Å²) in [4.78, 5) is 10.2. The van der Waals surface area contributed by atoms with E-state index >= 15 is 0 Å². The van der Waals surface area contributed by atoms with Crippen molar-refractivity contribution in [3.8, 4) is 0 Å². The molecule has 0 fully saturated rings. The van der Waals surface area contributed by atoms with E-state index < -0.39 is 19.2 Å². The van der Waals surface area contributed by atoms with Crippen LogP contribution in [0.5, 0.6) is 0 Å². The van der Waals surface area contributed by atoms with Gasteiger partial charge in [0.1, 0.15) is 0 Å². The van der Waals surface area contributed by atoms with Gasteiger partial charge in [-0.2, -0.15) is 0 Å². The average molecular weight is 224 g/mol. The number of carbonyl (C=O) groups is 1. The zero-order chi connectivity index (χ0) is 5.70. The van der Waals surface area contributed by atoms with Crippen molar-refractivity contribution in [2.75, 3.05) is 6.61 Å². The Kier molecular flexibility index (Phi) is 4.97. The molecule has 2 nitrogen and oxygen atoms in total. The Morgan fingerprint density at radius 3 is 2.71 bits per heavy atom. The van der Waals surface area contributed by atoms with Crippen LogP contribution in [0.2, 0.25) is 0 Å². The summed E-state index contributed by atoms with van der Waals surface area (Å²) < 4.78 is 4.39. The van der Waals surface area contributed by atoms with E-state index in [0.717, 1.165) is 0 Å². The van der Waals surface area contributed by atoms with Gasteiger partial charge >= 0.3 is 55.5 Å². The van der Waals surface area contributed by atoms with E-state index in [-0.39, 0.29) is 3.99 Å². The van der Waals surface area contributed by atoms with E-state index in [4.69, 9.17) is 0 Å². The van der Waals surface area contributed by atoms with Crippen molar-refractivity contribution in [1.29, 1.82) is 0 Å². The second kappa shape index (κ2) is 4.64. The topological polar surface area (TPSA) is 26.3 Å². The SMILES string of the molecule is CCO[C](=O)[Sn]=[S]. The molecule has 0 aromatic carbocycles. The van der Waals surface area contributed by atoms with Gasteiger partial charge in [0.2, 0.25) is 0 Å². The van der Waals surface area contributed by atoms with Gasteiger partial charge in [0.05, 0.1) is 0 Å². The van der Waals surface area contributed by atoms with Gasteiger partial charge in [-0.1, -0.05) is 0 Å². The number of carbonyl (C=O) groups excluding carboxylic acids is 1. The van der Waals surface area contributed by atoms with Crippen LogP contribution in [-0.2, 0) is 4.74 Å². The van der Waals surface area contributed by atoms with E-state index in [1.54, 1.807) is 6.92 Å². The predicted octanol–water partition coefficient (Wildman–Crippen LogP) is 0.960. The fraction of sp³-hybridized carbons (Fsp3) is 0.667. The van der Waals surface area contributed by atoms with Crippen LogP contribution in [0.15, 0.2) is 0 Å². The van der Waals surface area contributed by atoms with E-state index in [1.807, 2.05) is 0 Å². The Bertz CT molecular complexity index is 83.0. The van der Waals surface area contributed by atoms with Crippen LogP contribution in [0.25, 0.3) is 0 Å². The normalized spacial score (nSPS) is 7.57. The summed E-state index contributed by atoms with van der Waals surface area (Å²) in [5.74, 6) is 0. The molecule has 1 radical (unpaired) electrons. The number of ether oxygens (including phenoxy) is 1. The minimum atomic E-state index is -1.18. The summed E-state index contributed by atoms with van der Waals surface area (Å²) in [6.45, 7) is 2.25. The Hall–Kier alpha value is 0.489. The molecule has 0 bridgehead atoms. The zero-order valence-corrected chi connectivity index (χ0v) is 7.60. The van der Waals surface area contributed by atoms with Crippen molar-refractivity contribution in [3.63, 3.8) is 0 Å². The summed E-state index contributed by atoms with van der Waals surface area (Å²) >= 11 is -1.18. The molecule has 0 aliphatic rings. The second-order valence-electron chi connectivity index (χ2n) is 0.823. The van der Waals surface area contributed by atoms with Crippen molar-refractivity contribution in [2.24, 2.45) is 0 Å². The first-order valence-corrected chi connectivity index (χ1v) is 7.19. The van der Waals surface area contributed by atoms with Crippen LogP contribution in [0, 0.1) is 0 Å². The monoisotopic (exact) mass is 225 g/mol. The Labute approximate surface area is 55.6 Å². The molecule has 0 spiro atoms. The Morgan fingerprint density at radius 2 is 2.57 bits per heavy atom. The molecule has 4 heteroatoms. The minimum absolute atomic E-state index is 0.138. The third-order valence-electron chi connectivity index (χ3n) is 0.359. The maximum absolute atomic E-state index is 10.2. The molecule has 0 N–H and O–H groups in total. The molecule has 7 heavy (non-hydrogen) atoms. The van der Waals surface area contributed by atoms with Crippen molar-refractivity contribution in [1.82, 2.24) is 0 Å². The summed E-state index contributed by atoms with van der Waals surface area (Å²) in [7, 11) is 4.54. The molecule has 0 aliphatic carbocycles. The number of rotatable bonds is 2. The van der Waals surface area contributed by atoms with Crippen LogP contribution in [0.4, 0.5) is 4.79 Å². The average Bonchev–Trinajstić information content (AvgIpc) is 1.68. The van der Waals surface area contributed by atoms with Crippen molar-refractivity contribution >= 4 is 32.5 Å². The third kappa shape index (κ3) is 4.34. The predicted molar refractivity (Wildman–Crippen MR) is 30.4 cm³/mol. The summed E-state index contributed by atoms with van der Waals surface area (Å²) in [6.07, 6.45) is 0. The number of hydrogen-bond donors (Lipinski definition) is 0. The van der Waals surface area contributed by atoms with Gasteiger partial charge in [-0.05, 0) is 0 Å². The van der Waals surface area contributed by atoms with Crippen LogP contribution >= 0.6 is 9.29 Å². The Balaban J connectivity index is 3.17. The maximum atomic E-state index is 10.2. The molecule has 39 valence electrons. The standard InChI is InChI=1S/C3H5O2.S.Sn/c1-2-5-3-4;;/h2H2,1H3;;. The van der Waals surface area contributed by atoms with Crippen LogP contribution < -0.4 is 0 Å². The summed E-state index contributed by atoms with van der Waals surface area (Å²) in [6, 6.07) is 0. The number of hydrogen-bond acceptors (Lipinski definition) is 3. The molecule has 0 aromatic heterocycles. The first kappa shape index (κ1) is 7.49. The molecule has 0 unspecified atom stereocenters. The first-order chi connectivity index (χ1) is 3.31. The van der Waals surface area contributed by atoms with Crippen molar-refractivity contribution < 1.29 is 9.53 Å². The van der Waals surface area contributed by atoms with E-state index in [1.165, 1.54) is 0 Å². The van der Waals surface area contributed by atoms with Gasteiger partial charge in [-0.15, -0.1) is 0 Å². The molecule has 0 aliphatic heterocycles. The molecule has 0 saturated heterocycles. The fourth-order valence-electron chi connectivity index (χ4n) is 0.161. The van der Waals surface area contributed by atoms with Crippen LogP contribution in [-0.4, -0.2) is 29.8 Å². The van der Waals surface area contributed by atoms with E-state index in [2.05, 4.69) is 14.0 Å². The molecular weight excluding hydrogens is 219 g/mol. The molecule has 0 aromatic rings. The molecule has 0 heterocycles. The summed E-state index contributed by atoms with van der Waals surface area (Å²) in [5.41, 5.74) is 0. The van der Waals surface area contributed by atoms with Gasteiger partial charge < -0.3 is 0 Å². The van der Waals surface area contributed by atoms with Crippen molar-refractivity contribution in [3.05, 3.63) is 0 Å². The molecule has 0 amide bonds.